The maximum absolute atomic E-state index is 12.4. The third-order valence-corrected chi connectivity index (χ3v) is 5.32. The van der Waals surface area contributed by atoms with Crippen LogP contribution in [0.1, 0.15) is 48.8 Å². The van der Waals surface area contributed by atoms with Gasteiger partial charge in [0.15, 0.2) is 10.9 Å². The summed E-state index contributed by atoms with van der Waals surface area (Å²) in [4.78, 5) is 40.8. The van der Waals surface area contributed by atoms with Crippen LogP contribution in [0.2, 0.25) is 0 Å². The van der Waals surface area contributed by atoms with Crippen molar-refractivity contribution in [3.63, 3.8) is 0 Å². The van der Waals surface area contributed by atoms with E-state index >= 15 is 0 Å². The van der Waals surface area contributed by atoms with Crippen LogP contribution in [0.25, 0.3) is 0 Å². The standard InChI is InChI=1S/C19H21N3O3S/c1-3-5-14-9-18(25)22-16(11-26-19(22)21-14)10-17(24)20-15-7-4-6-13(8-15)12(2)23/h4,6-9,16H,3,5,10-11H2,1-2H3,(H,20,24). The first-order valence-corrected chi connectivity index (χ1v) is 9.62. The van der Waals surface area contributed by atoms with Crippen LogP contribution in [0.5, 0.6) is 0 Å². The van der Waals surface area contributed by atoms with Crippen molar-refractivity contribution in [3.05, 3.63) is 51.9 Å². The fourth-order valence-electron chi connectivity index (χ4n) is 2.97. The van der Waals surface area contributed by atoms with Crippen molar-refractivity contribution in [3.8, 4) is 0 Å². The summed E-state index contributed by atoms with van der Waals surface area (Å²) in [5.74, 6) is 0.412. The van der Waals surface area contributed by atoms with Gasteiger partial charge in [0, 0.05) is 35.2 Å². The largest absolute Gasteiger partial charge is 0.326 e. The molecule has 1 aliphatic heterocycles. The van der Waals surface area contributed by atoms with Crippen LogP contribution in [0.15, 0.2) is 40.3 Å². The highest BCUT2D eigenvalue weighted by molar-refractivity contribution is 7.99. The van der Waals surface area contributed by atoms with Gasteiger partial charge in [0.1, 0.15) is 0 Å². The molecule has 6 nitrogen and oxygen atoms in total. The van der Waals surface area contributed by atoms with Gasteiger partial charge in [0.05, 0.1) is 6.04 Å². The molecule has 136 valence electrons. The Bertz CT molecular complexity index is 907. The lowest BCUT2D eigenvalue weighted by atomic mass is 10.1. The Kier molecular flexibility index (Phi) is 5.56. The van der Waals surface area contributed by atoms with Crippen molar-refractivity contribution in [2.75, 3.05) is 11.1 Å². The molecule has 1 N–H and O–H groups in total. The highest BCUT2D eigenvalue weighted by atomic mass is 32.2. The van der Waals surface area contributed by atoms with E-state index in [-0.39, 0.29) is 29.7 Å². The Morgan fingerprint density at radius 1 is 1.35 bits per heavy atom. The molecule has 1 aromatic carbocycles. The zero-order valence-corrected chi connectivity index (χ0v) is 15.6. The van der Waals surface area contributed by atoms with E-state index in [9.17, 15) is 14.4 Å². The first-order chi connectivity index (χ1) is 12.5. The molecule has 7 heteroatoms. The number of carbonyl (C=O) groups excluding carboxylic acids is 2. The fourth-order valence-corrected chi connectivity index (χ4v) is 4.14. The predicted octanol–water partition coefficient (Wildman–Crippen LogP) is 3.07. The summed E-state index contributed by atoms with van der Waals surface area (Å²) >= 11 is 1.51. The average Bonchev–Trinajstić information content (AvgIpc) is 2.98. The van der Waals surface area contributed by atoms with Crippen molar-refractivity contribution < 1.29 is 9.59 Å². The van der Waals surface area contributed by atoms with E-state index in [0.29, 0.717) is 22.2 Å². The van der Waals surface area contributed by atoms with E-state index in [4.69, 9.17) is 0 Å². The molecular weight excluding hydrogens is 350 g/mol. The van der Waals surface area contributed by atoms with Crippen molar-refractivity contribution in [1.29, 1.82) is 0 Å². The molecule has 0 saturated heterocycles. The minimum absolute atomic E-state index is 0.0530. The van der Waals surface area contributed by atoms with E-state index in [2.05, 4.69) is 10.3 Å². The second kappa shape index (κ2) is 7.86. The maximum Gasteiger partial charge on any atom is 0.254 e. The predicted molar refractivity (Wildman–Crippen MR) is 102 cm³/mol. The van der Waals surface area contributed by atoms with Crippen molar-refractivity contribution in [2.24, 2.45) is 0 Å². The molecule has 1 aromatic heterocycles. The number of nitrogens with one attached hydrogen (secondary N) is 1. The fraction of sp³-hybridized carbons (Fsp3) is 0.368. The van der Waals surface area contributed by atoms with Crippen LogP contribution in [0.4, 0.5) is 5.69 Å². The molecule has 0 fully saturated rings. The molecule has 1 unspecified atom stereocenters. The van der Waals surface area contributed by atoms with E-state index in [1.165, 1.54) is 18.7 Å². The molecule has 3 rings (SSSR count). The third-order valence-electron chi connectivity index (χ3n) is 4.22. The van der Waals surface area contributed by atoms with Gasteiger partial charge in [-0.2, -0.15) is 0 Å². The third kappa shape index (κ3) is 4.04. The van der Waals surface area contributed by atoms with Gasteiger partial charge in [-0.3, -0.25) is 19.0 Å². The summed E-state index contributed by atoms with van der Waals surface area (Å²) < 4.78 is 1.62. The number of aromatic nitrogens is 2. The molecule has 0 spiro atoms. The molecule has 0 radical (unpaired) electrons. The number of amides is 1. The van der Waals surface area contributed by atoms with Crippen molar-refractivity contribution in [2.45, 2.75) is 44.3 Å². The number of thioether (sulfide) groups is 1. The minimum Gasteiger partial charge on any atom is -0.326 e. The number of nitrogens with zero attached hydrogens (tertiary/aromatic N) is 2. The molecule has 26 heavy (non-hydrogen) atoms. The highest BCUT2D eigenvalue weighted by Crippen LogP contribution is 2.32. The molecule has 1 atom stereocenters. The summed E-state index contributed by atoms with van der Waals surface area (Å²) in [7, 11) is 0. The van der Waals surface area contributed by atoms with Gasteiger partial charge >= 0.3 is 0 Å². The zero-order valence-electron chi connectivity index (χ0n) is 14.8. The van der Waals surface area contributed by atoms with E-state index in [1.807, 2.05) is 6.92 Å². The number of fused-ring (bicyclic) bond motifs is 1. The van der Waals surface area contributed by atoms with Crippen LogP contribution in [-0.4, -0.2) is 27.0 Å². The maximum atomic E-state index is 12.4. The van der Waals surface area contributed by atoms with Gasteiger partial charge in [0.25, 0.3) is 5.56 Å². The molecule has 1 aliphatic rings. The molecular formula is C19H21N3O3S. The van der Waals surface area contributed by atoms with Crippen LogP contribution >= 0.6 is 11.8 Å². The Balaban J connectivity index is 1.72. The minimum atomic E-state index is -0.207. The number of Topliss-reactive ketones (excluding diaryl/α,β-unsaturated/α-hetero) is 1. The molecule has 0 bridgehead atoms. The molecule has 0 aliphatic carbocycles. The highest BCUT2D eigenvalue weighted by Gasteiger charge is 2.27. The topological polar surface area (TPSA) is 81.1 Å². The number of ketones is 1. The summed E-state index contributed by atoms with van der Waals surface area (Å²) in [6.45, 7) is 3.54. The van der Waals surface area contributed by atoms with Crippen LogP contribution < -0.4 is 10.9 Å². The summed E-state index contributed by atoms with van der Waals surface area (Å²) in [6.07, 6.45) is 1.91. The smallest absolute Gasteiger partial charge is 0.254 e. The lowest BCUT2D eigenvalue weighted by Crippen LogP contribution is -2.27. The van der Waals surface area contributed by atoms with Crippen molar-refractivity contribution in [1.82, 2.24) is 9.55 Å². The zero-order chi connectivity index (χ0) is 18.7. The lowest BCUT2D eigenvalue weighted by Gasteiger charge is -2.14. The number of benzene rings is 1. The van der Waals surface area contributed by atoms with Crippen LogP contribution in [0.3, 0.4) is 0 Å². The van der Waals surface area contributed by atoms with E-state index in [1.54, 1.807) is 34.9 Å². The average molecular weight is 371 g/mol. The molecule has 2 aromatic rings. The van der Waals surface area contributed by atoms with Crippen molar-refractivity contribution >= 4 is 29.1 Å². The number of hydrogen-bond acceptors (Lipinski definition) is 5. The molecule has 0 saturated carbocycles. The Morgan fingerprint density at radius 2 is 2.15 bits per heavy atom. The first-order valence-electron chi connectivity index (χ1n) is 8.64. The number of carbonyl (C=O) groups is 2. The number of rotatable bonds is 6. The van der Waals surface area contributed by atoms with Gasteiger partial charge in [0.2, 0.25) is 5.91 Å². The van der Waals surface area contributed by atoms with Gasteiger partial charge < -0.3 is 5.32 Å². The van der Waals surface area contributed by atoms with Crippen LogP contribution in [-0.2, 0) is 11.2 Å². The number of hydrogen-bond donors (Lipinski definition) is 1. The van der Waals surface area contributed by atoms with Gasteiger partial charge in [-0.05, 0) is 25.5 Å². The van der Waals surface area contributed by atoms with Gasteiger partial charge in [-0.25, -0.2) is 4.98 Å². The number of aryl methyl sites for hydroxylation is 1. The number of anilines is 1. The summed E-state index contributed by atoms with van der Waals surface area (Å²) in [5, 5.41) is 3.50. The Labute approximate surface area is 156 Å². The SMILES string of the molecule is CCCc1cc(=O)n2c(n1)SCC2CC(=O)Nc1cccc(C(C)=O)c1. The second-order valence-corrected chi connectivity index (χ2v) is 7.33. The first kappa shape index (κ1) is 18.4. The van der Waals surface area contributed by atoms with Crippen LogP contribution in [0, 0.1) is 0 Å². The summed E-state index contributed by atoms with van der Waals surface area (Å²) in [6, 6.07) is 8.20. The quantitative estimate of drug-likeness (QED) is 0.623. The lowest BCUT2D eigenvalue weighted by molar-refractivity contribution is -0.116. The Morgan fingerprint density at radius 3 is 2.88 bits per heavy atom. The summed E-state index contributed by atoms with van der Waals surface area (Å²) in [5.41, 5.74) is 1.84. The normalized spacial score (nSPS) is 15.5. The molecule has 2 heterocycles. The van der Waals surface area contributed by atoms with Gasteiger partial charge in [-0.15, -0.1) is 0 Å². The monoisotopic (exact) mass is 371 g/mol. The van der Waals surface area contributed by atoms with E-state index in [0.717, 1.165) is 18.5 Å². The van der Waals surface area contributed by atoms with E-state index < -0.39 is 0 Å². The second-order valence-electron chi connectivity index (χ2n) is 6.34. The Hall–Kier alpha value is -2.41. The van der Waals surface area contributed by atoms with Gasteiger partial charge in [-0.1, -0.05) is 37.2 Å². The molecule has 1 amide bonds.